The van der Waals surface area contributed by atoms with Crippen LogP contribution in [0.25, 0.3) is 0 Å². The van der Waals surface area contributed by atoms with E-state index in [1.54, 1.807) is 0 Å². The Bertz CT molecular complexity index is 576. The van der Waals surface area contributed by atoms with Crippen LogP contribution in [-0.2, 0) is 16.1 Å². The molecule has 2 aliphatic heterocycles. The van der Waals surface area contributed by atoms with Gasteiger partial charge in [0.15, 0.2) is 0 Å². The maximum Gasteiger partial charge on any atom is 0.240 e. The SMILES string of the molecule is N#Cc1ccccc1CN1CCC[C@H]1C(=O)N1CCOCC1. The zero-order chi connectivity index (χ0) is 15.4. The molecule has 1 aromatic rings. The average Bonchev–Trinajstić information content (AvgIpc) is 3.03. The van der Waals surface area contributed by atoms with E-state index in [1.807, 2.05) is 29.2 Å². The van der Waals surface area contributed by atoms with Crippen LogP contribution < -0.4 is 0 Å². The van der Waals surface area contributed by atoms with Crippen LogP contribution in [0.5, 0.6) is 0 Å². The summed E-state index contributed by atoms with van der Waals surface area (Å²) in [7, 11) is 0. The zero-order valence-corrected chi connectivity index (χ0v) is 12.7. The van der Waals surface area contributed by atoms with Crippen molar-refractivity contribution < 1.29 is 9.53 Å². The fraction of sp³-hybridized carbons (Fsp3) is 0.529. The molecule has 2 saturated heterocycles. The Morgan fingerprint density at radius 2 is 2.05 bits per heavy atom. The molecule has 116 valence electrons. The summed E-state index contributed by atoms with van der Waals surface area (Å²) in [5.74, 6) is 0.218. The molecule has 3 rings (SSSR count). The van der Waals surface area contributed by atoms with Crippen LogP contribution in [-0.4, -0.2) is 54.6 Å². The van der Waals surface area contributed by atoms with Crippen molar-refractivity contribution in [1.29, 1.82) is 5.26 Å². The lowest BCUT2D eigenvalue weighted by Crippen LogP contribution is -2.49. The molecule has 5 nitrogen and oxygen atoms in total. The number of ether oxygens (including phenoxy) is 1. The number of likely N-dealkylation sites (tertiary alicyclic amines) is 1. The summed E-state index contributed by atoms with van der Waals surface area (Å²) >= 11 is 0. The third-order valence-corrected chi connectivity index (χ3v) is 4.48. The number of hydrogen-bond donors (Lipinski definition) is 0. The van der Waals surface area contributed by atoms with Gasteiger partial charge in [0.05, 0.1) is 30.9 Å². The van der Waals surface area contributed by atoms with Gasteiger partial charge in [0.25, 0.3) is 0 Å². The van der Waals surface area contributed by atoms with Crippen LogP contribution in [0.1, 0.15) is 24.0 Å². The molecule has 0 aliphatic carbocycles. The minimum Gasteiger partial charge on any atom is -0.378 e. The summed E-state index contributed by atoms with van der Waals surface area (Å²) in [6.07, 6.45) is 1.94. The first-order valence-electron chi connectivity index (χ1n) is 7.88. The highest BCUT2D eigenvalue weighted by Gasteiger charge is 2.34. The van der Waals surface area contributed by atoms with Gasteiger partial charge in [0, 0.05) is 19.6 Å². The third-order valence-electron chi connectivity index (χ3n) is 4.48. The van der Waals surface area contributed by atoms with Gasteiger partial charge in [-0.3, -0.25) is 9.69 Å². The minimum absolute atomic E-state index is 0.0511. The molecule has 1 amide bonds. The second kappa shape index (κ2) is 6.91. The normalized spacial score (nSPS) is 22.5. The fourth-order valence-electron chi connectivity index (χ4n) is 3.28. The Morgan fingerprint density at radius 3 is 2.82 bits per heavy atom. The number of hydrogen-bond acceptors (Lipinski definition) is 4. The molecule has 0 spiro atoms. The van der Waals surface area contributed by atoms with Gasteiger partial charge in [-0.15, -0.1) is 0 Å². The number of benzene rings is 1. The molecular formula is C17H21N3O2. The number of nitrogens with zero attached hydrogens (tertiary/aromatic N) is 3. The van der Waals surface area contributed by atoms with Gasteiger partial charge in [-0.05, 0) is 31.0 Å². The van der Waals surface area contributed by atoms with Crippen LogP contribution >= 0.6 is 0 Å². The number of morpholine rings is 1. The fourth-order valence-corrected chi connectivity index (χ4v) is 3.28. The van der Waals surface area contributed by atoms with Gasteiger partial charge in [-0.25, -0.2) is 0 Å². The highest BCUT2D eigenvalue weighted by Crippen LogP contribution is 2.23. The van der Waals surface area contributed by atoms with Crippen molar-refractivity contribution in [1.82, 2.24) is 9.80 Å². The third kappa shape index (κ3) is 3.13. The quantitative estimate of drug-likeness (QED) is 0.846. The van der Waals surface area contributed by atoms with Crippen LogP contribution in [0.4, 0.5) is 0 Å². The average molecular weight is 299 g/mol. The molecule has 0 N–H and O–H groups in total. The summed E-state index contributed by atoms with van der Waals surface area (Å²) in [4.78, 5) is 16.9. The van der Waals surface area contributed by atoms with Crippen LogP contribution in [0.2, 0.25) is 0 Å². The Balaban J connectivity index is 1.70. The Labute approximate surface area is 131 Å². The van der Waals surface area contributed by atoms with E-state index >= 15 is 0 Å². The zero-order valence-electron chi connectivity index (χ0n) is 12.7. The van der Waals surface area contributed by atoms with E-state index in [9.17, 15) is 10.1 Å². The summed E-state index contributed by atoms with van der Waals surface area (Å²) in [6.45, 7) is 4.24. The maximum absolute atomic E-state index is 12.7. The lowest BCUT2D eigenvalue weighted by molar-refractivity contribution is -0.140. The van der Waals surface area contributed by atoms with E-state index in [2.05, 4.69) is 11.0 Å². The van der Waals surface area contributed by atoms with E-state index in [0.717, 1.165) is 24.9 Å². The lowest BCUT2D eigenvalue weighted by atomic mass is 10.1. The summed E-state index contributed by atoms with van der Waals surface area (Å²) < 4.78 is 5.32. The molecule has 1 atom stereocenters. The molecule has 2 heterocycles. The van der Waals surface area contributed by atoms with E-state index in [0.29, 0.717) is 38.4 Å². The van der Waals surface area contributed by atoms with Crippen molar-refractivity contribution in [3.05, 3.63) is 35.4 Å². The first kappa shape index (κ1) is 15.0. The van der Waals surface area contributed by atoms with Crippen molar-refractivity contribution in [2.45, 2.75) is 25.4 Å². The van der Waals surface area contributed by atoms with Gasteiger partial charge >= 0.3 is 0 Å². The molecule has 0 saturated carbocycles. The van der Waals surface area contributed by atoms with E-state index in [1.165, 1.54) is 0 Å². The van der Waals surface area contributed by atoms with Crippen molar-refractivity contribution >= 4 is 5.91 Å². The van der Waals surface area contributed by atoms with Crippen LogP contribution in [0.15, 0.2) is 24.3 Å². The number of carbonyl (C=O) groups is 1. The predicted octanol–water partition coefficient (Wildman–Crippen LogP) is 1.38. The summed E-state index contributed by atoms with van der Waals surface area (Å²) in [5, 5.41) is 9.21. The molecule has 0 radical (unpaired) electrons. The first-order valence-corrected chi connectivity index (χ1v) is 7.88. The van der Waals surface area contributed by atoms with Gasteiger partial charge < -0.3 is 9.64 Å². The Kier molecular flexibility index (Phi) is 4.71. The Hall–Kier alpha value is -1.90. The number of carbonyl (C=O) groups excluding carboxylic acids is 1. The molecular weight excluding hydrogens is 278 g/mol. The van der Waals surface area contributed by atoms with Gasteiger partial charge in [0.2, 0.25) is 5.91 Å². The topological polar surface area (TPSA) is 56.6 Å². The molecule has 22 heavy (non-hydrogen) atoms. The monoisotopic (exact) mass is 299 g/mol. The van der Waals surface area contributed by atoms with Gasteiger partial charge in [-0.2, -0.15) is 5.26 Å². The lowest BCUT2D eigenvalue weighted by Gasteiger charge is -2.32. The van der Waals surface area contributed by atoms with Gasteiger partial charge in [-0.1, -0.05) is 18.2 Å². The van der Waals surface area contributed by atoms with Crippen molar-refractivity contribution in [3.63, 3.8) is 0 Å². The molecule has 1 aromatic carbocycles. The Morgan fingerprint density at radius 1 is 1.27 bits per heavy atom. The number of rotatable bonds is 3. The molecule has 5 heteroatoms. The number of nitriles is 1. The second-order valence-electron chi connectivity index (χ2n) is 5.84. The predicted molar refractivity (Wildman–Crippen MR) is 82.0 cm³/mol. The summed E-state index contributed by atoms with van der Waals surface area (Å²) in [6, 6.07) is 9.83. The maximum atomic E-state index is 12.7. The first-order chi connectivity index (χ1) is 10.8. The largest absolute Gasteiger partial charge is 0.378 e. The van der Waals surface area contributed by atoms with E-state index < -0.39 is 0 Å². The minimum atomic E-state index is -0.0511. The second-order valence-corrected chi connectivity index (χ2v) is 5.84. The van der Waals surface area contributed by atoms with Crippen LogP contribution in [0, 0.1) is 11.3 Å². The molecule has 2 aliphatic rings. The van der Waals surface area contributed by atoms with Gasteiger partial charge in [0.1, 0.15) is 0 Å². The van der Waals surface area contributed by atoms with E-state index in [4.69, 9.17) is 4.74 Å². The highest BCUT2D eigenvalue weighted by atomic mass is 16.5. The molecule has 0 aromatic heterocycles. The van der Waals surface area contributed by atoms with Crippen molar-refractivity contribution in [2.24, 2.45) is 0 Å². The standard InChI is InChI=1S/C17H21N3O2/c18-12-14-4-1-2-5-15(14)13-20-7-3-6-16(20)17(21)19-8-10-22-11-9-19/h1-2,4-5,16H,3,6-11,13H2/t16-/m0/s1. The van der Waals surface area contributed by atoms with E-state index in [-0.39, 0.29) is 11.9 Å². The summed E-state index contributed by atoms with van der Waals surface area (Å²) in [5.41, 5.74) is 1.71. The molecule has 0 bridgehead atoms. The smallest absolute Gasteiger partial charge is 0.240 e. The van der Waals surface area contributed by atoms with Crippen LogP contribution in [0.3, 0.4) is 0 Å². The van der Waals surface area contributed by atoms with Crippen molar-refractivity contribution in [3.8, 4) is 6.07 Å². The number of amides is 1. The molecule has 0 unspecified atom stereocenters. The highest BCUT2D eigenvalue weighted by molar-refractivity contribution is 5.82. The van der Waals surface area contributed by atoms with Crippen molar-refractivity contribution in [2.75, 3.05) is 32.8 Å². The molecule has 2 fully saturated rings.